The molecule has 1 atom stereocenters. The summed E-state index contributed by atoms with van der Waals surface area (Å²) >= 11 is 0. The monoisotopic (exact) mass is 368 g/mol. The van der Waals surface area contributed by atoms with Gasteiger partial charge in [-0.2, -0.15) is 5.10 Å². The Bertz CT molecular complexity index is 759. The third-order valence-electron chi connectivity index (χ3n) is 5.97. The van der Waals surface area contributed by atoms with Gasteiger partial charge in [-0.15, -0.1) is 0 Å². The van der Waals surface area contributed by atoms with Gasteiger partial charge >= 0.3 is 0 Å². The fourth-order valence-electron chi connectivity index (χ4n) is 4.64. The van der Waals surface area contributed by atoms with Crippen molar-refractivity contribution in [3.05, 3.63) is 48.3 Å². The van der Waals surface area contributed by atoms with Gasteiger partial charge < -0.3 is 10.0 Å². The number of aliphatic hydroxyl groups is 1. The highest BCUT2D eigenvalue weighted by Crippen LogP contribution is 2.39. The average molecular weight is 368 g/mol. The third kappa shape index (κ3) is 4.06. The van der Waals surface area contributed by atoms with Crippen LogP contribution < -0.4 is 0 Å². The number of hydrogen-bond donors (Lipinski definition) is 1. The van der Waals surface area contributed by atoms with E-state index >= 15 is 0 Å². The van der Waals surface area contributed by atoms with E-state index in [1.165, 1.54) is 18.4 Å². The van der Waals surface area contributed by atoms with E-state index in [2.05, 4.69) is 34.3 Å². The first-order valence-corrected chi connectivity index (χ1v) is 9.87. The molecule has 3 heterocycles. The van der Waals surface area contributed by atoms with Gasteiger partial charge in [0.05, 0.1) is 12.3 Å². The predicted octanol–water partition coefficient (Wildman–Crippen LogP) is 2.07. The number of aliphatic hydroxyl groups excluding tert-OH is 1. The maximum Gasteiger partial charge on any atom is 0.222 e. The Morgan fingerprint density at radius 1 is 1.15 bits per heavy atom. The van der Waals surface area contributed by atoms with Crippen molar-refractivity contribution in [3.8, 4) is 5.69 Å². The molecule has 6 heteroatoms. The first kappa shape index (κ1) is 18.2. The molecule has 0 aliphatic carbocycles. The van der Waals surface area contributed by atoms with Gasteiger partial charge in [0.1, 0.15) is 0 Å². The van der Waals surface area contributed by atoms with Crippen LogP contribution in [0.2, 0.25) is 0 Å². The van der Waals surface area contributed by atoms with Crippen molar-refractivity contribution in [2.75, 3.05) is 32.8 Å². The Balaban J connectivity index is 1.40. The topological polar surface area (TPSA) is 61.6 Å². The molecule has 144 valence electrons. The Hall–Kier alpha value is -2.18. The van der Waals surface area contributed by atoms with Crippen molar-refractivity contribution < 1.29 is 9.90 Å². The van der Waals surface area contributed by atoms with Crippen LogP contribution in [-0.4, -0.2) is 63.4 Å². The number of piperidine rings is 2. The van der Waals surface area contributed by atoms with Gasteiger partial charge in [-0.3, -0.25) is 9.69 Å². The standard InChI is InChI=1S/C21H28N4O2/c26-14-13-24-17-21(9-7-20(24)27)8-1-11-23(16-21)15-18-3-5-19(6-4-18)25-12-2-10-22-25/h2-6,10,12,26H,1,7-9,11,13-17H2. The highest BCUT2D eigenvalue weighted by atomic mass is 16.3. The molecule has 6 nitrogen and oxygen atoms in total. The number of β-amino-alcohol motifs (C(OH)–C–C–N with tert-alkyl or cyclic N) is 1. The SMILES string of the molecule is O=C1CCC2(CCCN(Cc3ccc(-n4cccn4)cc3)C2)CN1CCO. The van der Waals surface area contributed by atoms with E-state index in [0.29, 0.717) is 13.0 Å². The lowest BCUT2D eigenvalue weighted by Crippen LogP contribution is -2.54. The van der Waals surface area contributed by atoms with E-state index in [1.807, 2.05) is 21.8 Å². The number of carbonyl (C=O) groups is 1. The zero-order chi connectivity index (χ0) is 18.7. The van der Waals surface area contributed by atoms with Gasteiger partial charge in [0.25, 0.3) is 0 Å². The minimum absolute atomic E-state index is 0.0497. The first-order chi connectivity index (χ1) is 13.2. The van der Waals surface area contributed by atoms with Crippen LogP contribution in [0.1, 0.15) is 31.2 Å². The molecule has 2 fully saturated rings. The summed E-state index contributed by atoms with van der Waals surface area (Å²) in [6.45, 7) is 4.39. The van der Waals surface area contributed by atoms with Crippen LogP contribution >= 0.6 is 0 Å². The lowest BCUT2D eigenvalue weighted by Gasteiger charge is -2.48. The number of rotatable bonds is 5. The molecular formula is C21H28N4O2. The summed E-state index contributed by atoms with van der Waals surface area (Å²) in [6.07, 6.45) is 7.68. The lowest BCUT2D eigenvalue weighted by atomic mass is 9.73. The fourth-order valence-corrected chi connectivity index (χ4v) is 4.64. The highest BCUT2D eigenvalue weighted by Gasteiger charge is 2.41. The van der Waals surface area contributed by atoms with Crippen molar-refractivity contribution in [1.29, 1.82) is 0 Å². The summed E-state index contributed by atoms with van der Waals surface area (Å²) < 4.78 is 1.87. The van der Waals surface area contributed by atoms with E-state index in [1.54, 1.807) is 6.20 Å². The largest absolute Gasteiger partial charge is 0.395 e. The maximum absolute atomic E-state index is 12.1. The number of nitrogens with zero attached hydrogens (tertiary/aromatic N) is 4. The number of amides is 1. The third-order valence-corrected chi connectivity index (χ3v) is 5.97. The zero-order valence-electron chi connectivity index (χ0n) is 15.8. The first-order valence-electron chi connectivity index (χ1n) is 9.87. The molecule has 2 saturated heterocycles. The minimum atomic E-state index is 0.0497. The van der Waals surface area contributed by atoms with Gasteiger partial charge in [0.15, 0.2) is 0 Å². The van der Waals surface area contributed by atoms with E-state index in [9.17, 15) is 9.90 Å². The number of hydrogen-bond acceptors (Lipinski definition) is 4. The van der Waals surface area contributed by atoms with Crippen LogP contribution in [0, 0.1) is 5.41 Å². The second-order valence-corrected chi connectivity index (χ2v) is 7.97. The van der Waals surface area contributed by atoms with Gasteiger partial charge in [-0.1, -0.05) is 12.1 Å². The molecular weight excluding hydrogens is 340 g/mol. The van der Waals surface area contributed by atoms with Crippen molar-refractivity contribution in [2.45, 2.75) is 32.2 Å². The van der Waals surface area contributed by atoms with E-state index in [0.717, 1.165) is 38.3 Å². The quantitative estimate of drug-likeness (QED) is 0.878. The second kappa shape index (κ2) is 7.82. The molecule has 2 aliphatic heterocycles. The molecule has 0 bridgehead atoms. The molecule has 2 aromatic rings. The van der Waals surface area contributed by atoms with Gasteiger partial charge in [-0.25, -0.2) is 4.68 Å². The Labute approximate surface area is 160 Å². The molecule has 1 unspecified atom stereocenters. The van der Waals surface area contributed by atoms with Crippen molar-refractivity contribution >= 4 is 5.91 Å². The molecule has 1 N–H and O–H groups in total. The molecule has 27 heavy (non-hydrogen) atoms. The van der Waals surface area contributed by atoms with Crippen molar-refractivity contribution in [1.82, 2.24) is 19.6 Å². The molecule has 1 aromatic heterocycles. The van der Waals surface area contributed by atoms with Crippen LogP contribution in [0.4, 0.5) is 0 Å². The van der Waals surface area contributed by atoms with E-state index in [4.69, 9.17) is 0 Å². The van der Waals surface area contributed by atoms with Crippen LogP contribution in [0.5, 0.6) is 0 Å². The number of aromatic nitrogens is 2. The molecule has 1 spiro atoms. The molecule has 2 aliphatic rings. The summed E-state index contributed by atoms with van der Waals surface area (Å²) in [4.78, 5) is 16.5. The van der Waals surface area contributed by atoms with Crippen LogP contribution in [-0.2, 0) is 11.3 Å². The van der Waals surface area contributed by atoms with Crippen LogP contribution in [0.15, 0.2) is 42.7 Å². The molecule has 0 saturated carbocycles. The Morgan fingerprint density at radius 3 is 2.74 bits per heavy atom. The minimum Gasteiger partial charge on any atom is -0.395 e. The van der Waals surface area contributed by atoms with Gasteiger partial charge in [-0.05, 0) is 49.6 Å². The van der Waals surface area contributed by atoms with Crippen molar-refractivity contribution in [2.24, 2.45) is 5.41 Å². The smallest absolute Gasteiger partial charge is 0.222 e. The predicted molar refractivity (Wildman–Crippen MR) is 103 cm³/mol. The van der Waals surface area contributed by atoms with E-state index < -0.39 is 0 Å². The fraction of sp³-hybridized carbons (Fsp3) is 0.524. The van der Waals surface area contributed by atoms with Crippen molar-refractivity contribution in [3.63, 3.8) is 0 Å². The summed E-state index contributed by atoms with van der Waals surface area (Å²) in [6, 6.07) is 10.5. The normalized spacial score (nSPS) is 23.9. The van der Waals surface area contributed by atoms with Gasteiger partial charge in [0.2, 0.25) is 5.91 Å². The lowest BCUT2D eigenvalue weighted by molar-refractivity contribution is -0.140. The maximum atomic E-state index is 12.1. The summed E-state index contributed by atoms with van der Waals surface area (Å²) in [5.74, 6) is 0.195. The average Bonchev–Trinajstić information content (AvgIpc) is 3.21. The zero-order valence-corrected chi connectivity index (χ0v) is 15.8. The van der Waals surface area contributed by atoms with Crippen LogP contribution in [0.25, 0.3) is 5.69 Å². The highest BCUT2D eigenvalue weighted by molar-refractivity contribution is 5.77. The number of carbonyl (C=O) groups excluding carboxylic acids is 1. The summed E-state index contributed by atoms with van der Waals surface area (Å²) in [5.41, 5.74) is 2.57. The number of benzene rings is 1. The van der Waals surface area contributed by atoms with E-state index in [-0.39, 0.29) is 17.9 Å². The Morgan fingerprint density at radius 2 is 2.00 bits per heavy atom. The summed E-state index contributed by atoms with van der Waals surface area (Å²) in [7, 11) is 0. The molecule has 1 amide bonds. The molecule has 1 aromatic carbocycles. The molecule has 4 rings (SSSR count). The summed E-state index contributed by atoms with van der Waals surface area (Å²) in [5, 5.41) is 13.5. The van der Waals surface area contributed by atoms with Crippen LogP contribution in [0.3, 0.4) is 0 Å². The number of likely N-dealkylation sites (tertiary alicyclic amines) is 2. The molecule has 0 radical (unpaired) electrons. The van der Waals surface area contributed by atoms with Gasteiger partial charge in [0, 0.05) is 50.4 Å². The second-order valence-electron chi connectivity index (χ2n) is 7.97. The Kier molecular flexibility index (Phi) is 5.27.